The third-order valence-corrected chi connectivity index (χ3v) is 4.70. The number of ether oxygens (including phenoxy) is 1. The molecule has 7 nitrogen and oxygen atoms in total. The fraction of sp³-hybridized carbons (Fsp3) is 0.300. The molecule has 28 heavy (non-hydrogen) atoms. The van der Waals surface area contributed by atoms with Crippen molar-refractivity contribution >= 4 is 22.0 Å². The normalized spacial score (nSPS) is 12.7. The van der Waals surface area contributed by atoms with E-state index >= 15 is 0 Å². The number of esters is 1. The second-order valence-corrected chi connectivity index (χ2v) is 8.63. The van der Waals surface area contributed by atoms with Gasteiger partial charge in [-0.3, -0.25) is 4.79 Å². The van der Waals surface area contributed by atoms with E-state index in [1.165, 1.54) is 43.3 Å². The molecule has 0 aliphatic carbocycles. The van der Waals surface area contributed by atoms with Gasteiger partial charge < -0.3 is 14.2 Å². The molecule has 8 heteroatoms. The van der Waals surface area contributed by atoms with Crippen LogP contribution < -0.4 is 9.50 Å². The molecular formula is C20H23NO6S. The molecule has 0 bridgehead atoms. The number of hydrogen-bond acceptors (Lipinski definition) is 6. The summed E-state index contributed by atoms with van der Waals surface area (Å²) >= 11 is 0. The molecule has 2 aromatic carbocycles. The standard InChI is InChI=1S/C20H23NO6S/c1-14(22)21-18(19(23)26-20(2,3)4)15-10-12-16(13-11-15)27-28(24,25)17-8-6-5-7-9-17/h5-13,18H,1-4H3,(H,21,22). The van der Waals surface area contributed by atoms with Crippen LogP contribution in [0, 0.1) is 0 Å². The van der Waals surface area contributed by atoms with Crippen molar-refractivity contribution in [3.63, 3.8) is 0 Å². The van der Waals surface area contributed by atoms with Crippen molar-refractivity contribution < 1.29 is 26.9 Å². The van der Waals surface area contributed by atoms with Crippen LogP contribution in [-0.2, 0) is 24.4 Å². The average molecular weight is 405 g/mol. The maximum absolute atomic E-state index is 12.4. The number of nitrogens with one attached hydrogen (secondary N) is 1. The fourth-order valence-corrected chi connectivity index (χ4v) is 3.27. The second-order valence-electron chi connectivity index (χ2n) is 7.09. The Morgan fingerprint density at radius 1 is 0.964 bits per heavy atom. The smallest absolute Gasteiger partial charge is 0.339 e. The highest BCUT2D eigenvalue weighted by atomic mass is 32.2. The number of rotatable bonds is 6. The highest BCUT2D eigenvalue weighted by Crippen LogP contribution is 2.23. The molecule has 0 aromatic heterocycles. The molecule has 1 unspecified atom stereocenters. The minimum atomic E-state index is -3.97. The summed E-state index contributed by atoms with van der Waals surface area (Å²) in [6.45, 7) is 6.46. The number of amides is 1. The van der Waals surface area contributed by atoms with Gasteiger partial charge in [0.25, 0.3) is 0 Å². The van der Waals surface area contributed by atoms with Gasteiger partial charge in [-0.2, -0.15) is 8.42 Å². The van der Waals surface area contributed by atoms with Gasteiger partial charge in [0.15, 0.2) is 6.04 Å². The van der Waals surface area contributed by atoms with Crippen molar-refractivity contribution in [1.82, 2.24) is 5.32 Å². The summed E-state index contributed by atoms with van der Waals surface area (Å²) in [5, 5.41) is 2.54. The molecular weight excluding hydrogens is 382 g/mol. The first-order valence-electron chi connectivity index (χ1n) is 8.57. The van der Waals surface area contributed by atoms with E-state index in [0.29, 0.717) is 5.56 Å². The molecule has 0 radical (unpaired) electrons. The summed E-state index contributed by atoms with van der Waals surface area (Å²) in [4.78, 5) is 23.9. The molecule has 2 rings (SSSR count). The lowest BCUT2D eigenvalue weighted by Crippen LogP contribution is -2.37. The quantitative estimate of drug-likeness (QED) is 0.586. The van der Waals surface area contributed by atoms with E-state index in [1.807, 2.05) is 0 Å². The maximum Gasteiger partial charge on any atom is 0.339 e. The maximum atomic E-state index is 12.4. The zero-order chi connectivity index (χ0) is 20.9. The molecule has 0 aliphatic heterocycles. The van der Waals surface area contributed by atoms with Crippen molar-refractivity contribution in [3.8, 4) is 5.75 Å². The Bertz CT molecular complexity index is 931. The van der Waals surface area contributed by atoms with Gasteiger partial charge in [0.05, 0.1) is 0 Å². The first-order valence-corrected chi connectivity index (χ1v) is 9.98. The van der Waals surface area contributed by atoms with E-state index in [9.17, 15) is 18.0 Å². The minimum absolute atomic E-state index is 0.0314. The number of hydrogen-bond donors (Lipinski definition) is 1. The van der Waals surface area contributed by atoms with E-state index < -0.39 is 33.6 Å². The van der Waals surface area contributed by atoms with E-state index in [0.717, 1.165) is 0 Å². The molecule has 150 valence electrons. The predicted molar refractivity (Wildman–Crippen MR) is 103 cm³/mol. The van der Waals surface area contributed by atoms with Crippen LogP contribution in [0.25, 0.3) is 0 Å². The van der Waals surface area contributed by atoms with Gasteiger partial charge in [-0.1, -0.05) is 30.3 Å². The van der Waals surface area contributed by atoms with Crippen LogP contribution in [0.1, 0.15) is 39.3 Å². The van der Waals surface area contributed by atoms with E-state index in [4.69, 9.17) is 8.92 Å². The van der Waals surface area contributed by atoms with Crippen LogP contribution in [0.3, 0.4) is 0 Å². The highest BCUT2D eigenvalue weighted by molar-refractivity contribution is 7.87. The summed E-state index contributed by atoms with van der Waals surface area (Å²) < 4.78 is 35.0. The van der Waals surface area contributed by atoms with Gasteiger partial charge in [-0.05, 0) is 50.6 Å². The van der Waals surface area contributed by atoms with E-state index in [-0.39, 0.29) is 10.6 Å². The number of benzene rings is 2. The van der Waals surface area contributed by atoms with Gasteiger partial charge in [0.1, 0.15) is 16.2 Å². The van der Waals surface area contributed by atoms with E-state index in [1.54, 1.807) is 39.0 Å². The summed E-state index contributed by atoms with van der Waals surface area (Å²) in [6, 6.07) is 12.6. The fourth-order valence-electron chi connectivity index (χ4n) is 2.32. The topological polar surface area (TPSA) is 98.8 Å². The molecule has 1 amide bonds. The first kappa shape index (κ1) is 21.4. The molecule has 2 aromatic rings. The predicted octanol–water partition coefficient (Wildman–Crippen LogP) is 2.97. The van der Waals surface area contributed by atoms with Crippen LogP contribution in [0.15, 0.2) is 59.5 Å². The summed E-state index contributed by atoms with van der Waals surface area (Å²) in [5.41, 5.74) is -0.283. The number of carbonyl (C=O) groups excluding carboxylic acids is 2. The van der Waals surface area contributed by atoms with Gasteiger partial charge in [0, 0.05) is 6.92 Å². The minimum Gasteiger partial charge on any atom is -0.458 e. The molecule has 0 aliphatic rings. The summed E-state index contributed by atoms with van der Waals surface area (Å²) in [5.74, 6) is -0.936. The molecule has 0 heterocycles. The van der Waals surface area contributed by atoms with E-state index in [2.05, 4.69) is 5.32 Å². The average Bonchev–Trinajstić information content (AvgIpc) is 2.59. The molecule has 0 fully saturated rings. The Morgan fingerprint density at radius 3 is 2.04 bits per heavy atom. The molecule has 0 saturated carbocycles. The lowest BCUT2D eigenvalue weighted by molar-refractivity contribution is -0.158. The zero-order valence-corrected chi connectivity index (χ0v) is 16.9. The van der Waals surface area contributed by atoms with Crippen LogP contribution in [0.5, 0.6) is 5.75 Å². The van der Waals surface area contributed by atoms with Crippen molar-refractivity contribution in [2.75, 3.05) is 0 Å². The van der Waals surface area contributed by atoms with Crippen LogP contribution >= 0.6 is 0 Å². The van der Waals surface area contributed by atoms with Crippen LogP contribution in [0.4, 0.5) is 0 Å². The Labute approximate surface area is 164 Å². The van der Waals surface area contributed by atoms with Gasteiger partial charge >= 0.3 is 16.1 Å². The third kappa shape index (κ3) is 6.09. The Balaban J connectivity index is 2.22. The first-order chi connectivity index (χ1) is 13.0. The number of carbonyl (C=O) groups is 2. The lowest BCUT2D eigenvalue weighted by atomic mass is 10.1. The Morgan fingerprint density at radius 2 is 1.54 bits per heavy atom. The molecule has 1 atom stereocenters. The van der Waals surface area contributed by atoms with Crippen molar-refractivity contribution in [2.45, 2.75) is 44.2 Å². The third-order valence-electron chi connectivity index (χ3n) is 3.44. The summed E-state index contributed by atoms with van der Waals surface area (Å²) in [7, 11) is -3.97. The summed E-state index contributed by atoms with van der Waals surface area (Å²) in [6.07, 6.45) is 0. The lowest BCUT2D eigenvalue weighted by Gasteiger charge is -2.24. The SMILES string of the molecule is CC(=O)NC(C(=O)OC(C)(C)C)c1ccc(OS(=O)(=O)c2ccccc2)cc1. The molecule has 1 N–H and O–H groups in total. The van der Waals surface area contributed by atoms with Crippen LogP contribution in [0.2, 0.25) is 0 Å². The largest absolute Gasteiger partial charge is 0.458 e. The monoisotopic (exact) mass is 405 g/mol. The zero-order valence-electron chi connectivity index (χ0n) is 16.1. The highest BCUT2D eigenvalue weighted by Gasteiger charge is 2.27. The van der Waals surface area contributed by atoms with Crippen LogP contribution in [-0.4, -0.2) is 25.9 Å². The second kappa shape index (κ2) is 8.43. The van der Waals surface area contributed by atoms with Crippen molar-refractivity contribution in [2.24, 2.45) is 0 Å². The Kier molecular flexibility index (Phi) is 6.45. The van der Waals surface area contributed by atoms with Gasteiger partial charge in [-0.25, -0.2) is 4.79 Å². The Hall–Kier alpha value is -2.87. The van der Waals surface area contributed by atoms with Gasteiger partial charge in [-0.15, -0.1) is 0 Å². The van der Waals surface area contributed by atoms with Crippen molar-refractivity contribution in [3.05, 3.63) is 60.2 Å². The van der Waals surface area contributed by atoms with Crippen molar-refractivity contribution in [1.29, 1.82) is 0 Å². The van der Waals surface area contributed by atoms with Gasteiger partial charge in [0.2, 0.25) is 5.91 Å². The molecule has 0 spiro atoms. The molecule has 0 saturated heterocycles.